The van der Waals surface area contributed by atoms with Crippen molar-refractivity contribution >= 4 is 23.4 Å². The molecule has 1 amide bonds. The van der Waals surface area contributed by atoms with Gasteiger partial charge in [0.15, 0.2) is 11.5 Å². The predicted octanol–water partition coefficient (Wildman–Crippen LogP) is 7.44. The molecule has 1 aromatic heterocycles. The third-order valence-corrected chi connectivity index (χ3v) is 8.19. The number of rotatable bonds is 10. The van der Waals surface area contributed by atoms with E-state index in [9.17, 15) is 10.1 Å². The van der Waals surface area contributed by atoms with Gasteiger partial charge >= 0.3 is 0 Å². The molecule has 0 aliphatic heterocycles. The van der Waals surface area contributed by atoms with E-state index in [1.165, 1.54) is 11.8 Å². The van der Waals surface area contributed by atoms with Gasteiger partial charge in [-0.1, -0.05) is 55.1 Å². The zero-order valence-electron chi connectivity index (χ0n) is 24.1. The summed E-state index contributed by atoms with van der Waals surface area (Å²) in [7, 11) is 4.65. The summed E-state index contributed by atoms with van der Waals surface area (Å²) in [6.45, 7) is 6.00. The van der Waals surface area contributed by atoms with Gasteiger partial charge in [-0.05, 0) is 67.3 Å². The SMILES string of the molecule is CCC(Sc1nc(-c2ccccc2)cc(-c2cc(OC)c(OC)c(OC)c2)c1C#N)C(=O)Nc1ccc(C)c(C)c1. The molecule has 0 aliphatic carbocycles. The lowest BCUT2D eigenvalue weighted by molar-refractivity contribution is -0.115. The standard InChI is InChI=1S/C33H33N3O4S/c1-7-30(32(37)35-24-14-13-20(2)21(3)15-24)41-33-26(19-34)25(18-27(36-33)22-11-9-8-10-12-22)23-16-28(38-4)31(40-6)29(17-23)39-5/h8-18,30H,7H2,1-6H3,(H,35,37). The summed E-state index contributed by atoms with van der Waals surface area (Å²) in [5.74, 6) is 1.25. The van der Waals surface area contributed by atoms with Crippen molar-refractivity contribution in [1.82, 2.24) is 4.98 Å². The van der Waals surface area contributed by atoms with Gasteiger partial charge in [0.2, 0.25) is 11.7 Å². The normalized spacial score (nSPS) is 11.3. The van der Waals surface area contributed by atoms with Crippen LogP contribution in [0.2, 0.25) is 0 Å². The highest BCUT2D eigenvalue weighted by Gasteiger charge is 2.25. The average molecular weight is 568 g/mol. The van der Waals surface area contributed by atoms with Gasteiger partial charge < -0.3 is 19.5 Å². The molecular weight excluding hydrogens is 534 g/mol. The molecule has 1 unspecified atom stereocenters. The minimum absolute atomic E-state index is 0.147. The van der Waals surface area contributed by atoms with E-state index in [1.54, 1.807) is 21.3 Å². The number of aromatic nitrogens is 1. The summed E-state index contributed by atoms with van der Waals surface area (Å²) >= 11 is 1.29. The first-order chi connectivity index (χ1) is 19.8. The number of amides is 1. The molecule has 1 heterocycles. The highest BCUT2D eigenvalue weighted by molar-refractivity contribution is 8.00. The van der Waals surface area contributed by atoms with Gasteiger partial charge in [0, 0.05) is 16.8 Å². The van der Waals surface area contributed by atoms with Crippen LogP contribution in [0.15, 0.2) is 71.8 Å². The molecule has 3 aromatic carbocycles. The summed E-state index contributed by atoms with van der Waals surface area (Å²) < 4.78 is 16.7. The van der Waals surface area contributed by atoms with Crippen LogP contribution in [0, 0.1) is 25.2 Å². The summed E-state index contributed by atoms with van der Waals surface area (Å²) in [6, 6.07) is 23.4. The number of anilines is 1. The maximum atomic E-state index is 13.4. The molecule has 0 radical (unpaired) electrons. The molecule has 210 valence electrons. The highest BCUT2D eigenvalue weighted by Crippen LogP contribution is 2.44. The zero-order valence-corrected chi connectivity index (χ0v) is 24.9. The number of hydrogen-bond acceptors (Lipinski definition) is 7. The Morgan fingerprint density at radius 1 is 0.927 bits per heavy atom. The lowest BCUT2D eigenvalue weighted by Gasteiger charge is -2.19. The van der Waals surface area contributed by atoms with Crippen LogP contribution in [0.3, 0.4) is 0 Å². The molecule has 41 heavy (non-hydrogen) atoms. The van der Waals surface area contributed by atoms with Crippen LogP contribution in [0.5, 0.6) is 17.2 Å². The number of aryl methyl sites for hydroxylation is 2. The second-order valence-electron chi connectivity index (χ2n) is 9.43. The smallest absolute Gasteiger partial charge is 0.237 e. The van der Waals surface area contributed by atoms with Crippen molar-refractivity contribution in [3.63, 3.8) is 0 Å². The van der Waals surface area contributed by atoms with E-state index in [-0.39, 0.29) is 5.91 Å². The first kappa shape index (κ1) is 29.5. The Bertz CT molecular complexity index is 1570. The van der Waals surface area contributed by atoms with Gasteiger partial charge in [0.25, 0.3) is 0 Å². The van der Waals surface area contributed by atoms with Gasteiger partial charge in [0.05, 0.1) is 37.8 Å². The molecule has 0 fully saturated rings. The molecule has 0 bridgehead atoms. The Morgan fingerprint density at radius 3 is 2.17 bits per heavy atom. The van der Waals surface area contributed by atoms with Crippen molar-refractivity contribution in [2.24, 2.45) is 0 Å². The maximum absolute atomic E-state index is 13.4. The van der Waals surface area contributed by atoms with Crippen molar-refractivity contribution in [1.29, 1.82) is 5.26 Å². The molecule has 1 atom stereocenters. The molecule has 0 spiro atoms. The van der Waals surface area contributed by atoms with Crippen molar-refractivity contribution < 1.29 is 19.0 Å². The van der Waals surface area contributed by atoms with E-state index in [2.05, 4.69) is 11.4 Å². The third-order valence-electron chi connectivity index (χ3n) is 6.83. The van der Waals surface area contributed by atoms with Crippen molar-refractivity contribution in [3.05, 3.63) is 83.4 Å². The van der Waals surface area contributed by atoms with Gasteiger partial charge in [-0.25, -0.2) is 4.98 Å². The molecule has 0 saturated heterocycles. The van der Waals surface area contributed by atoms with Crippen LogP contribution < -0.4 is 19.5 Å². The quantitative estimate of drug-likeness (QED) is 0.199. The zero-order chi connectivity index (χ0) is 29.5. The number of pyridine rings is 1. The number of carbonyl (C=O) groups excluding carboxylic acids is 1. The lowest BCUT2D eigenvalue weighted by atomic mass is 9.98. The molecular formula is C33H33N3O4S. The number of thioether (sulfide) groups is 1. The number of nitrogens with zero attached hydrogens (tertiary/aromatic N) is 2. The van der Waals surface area contributed by atoms with Gasteiger partial charge in [-0.3, -0.25) is 4.79 Å². The first-order valence-corrected chi connectivity index (χ1v) is 14.1. The third kappa shape index (κ3) is 6.47. The summed E-state index contributed by atoms with van der Waals surface area (Å²) in [5.41, 5.74) is 6.27. The Hall–Kier alpha value is -4.48. The Labute approximate surface area is 245 Å². The van der Waals surface area contributed by atoms with Crippen LogP contribution in [0.25, 0.3) is 22.4 Å². The molecule has 7 nitrogen and oxygen atoms in total. The van der Waals surface area contributed by atoms with E-state index in [1.807, 2.05) is 87.5 Å². The second kappa shape index (κ2) is 13.2. The van der Waals surface area contributed by atoms with Crippen molar-refractivity contribution in [2.75, 3.05) is 26.6 Å². The fraction of sp³-hybridized carbons (Fsp3) is 0.242. The lowest BCUT2D eigenvalue weighted by Crippen LogP contribution is -2.25. The van der Waals surface area contributed by atoms with E-state index >= 15 is 0 Å². The number of nitriles is 1. The van der Waals surface area contributed by atoms with Crippen molar-refractivity contribution in [3.8, 4) is 45.7 Å². The number of nitrogens with one attached hydrogen (secondary N) is 1. The van der Waals surface area contributed by atoms with E-state index in [0.717, 1.165) is 22.4 Å². The van der Waals surface area contributed by atoms with Crippen molar-refractivity contribution in [2.45, 2.75) is 37.5 Å². The topological polar surface area (TPSA) is 93.5 Å². The Kier molecular flexibility index (Phi) is 9.53. The summed E-state index contributed by atoms with van der Waals surface area (Å²) in [6.07, 6.45) is 0.545. The van der Waals surface area contributed by atoms with Crippen LogP contribution >= 0.6 is 11.8 Å². The highest BCUT2D eigenvalue weighted by atomic mass is 32.2. The first-order valence-electron chi connectivity index (χ1n) is 13.2. The fourth-order valence-electron chi connectivity index (χ4n) is 4.43. The van der Waals surface area contributed by atoms with E-state index < -0.39 is 5.25 Å². The van der Waals surface area contributed by atoms with Gasteiger partial charge in [0.1, 0.15) is 11.1 Å². The van der Waals surface area contributed by atoms with Crippen LogP contribution in [-0.2, 0) is 4.79 Å². The van der Waals surface area contributed by atoms with Crippen LogP contribution in [0.4, 0.5) is 5.69 Å². The maximum Gasteiger partial charge on any atom is 0.237 e. The number of hydrogen-bond donors (Lipinski definition) is 1. The average Bonchev–Trinajstić information content (AvgIpc) is 3.00. The fourth-order valence-corrected chi connectivity index (χ4v) is 5.46. The molecule has 4 rings (SSSR count). The molecule has 0 saturated carbocycles. The predicted molar refractivity (Wildman–Crippen MR) is 164 cm³/mol. The van der Waals surface area contributed by atoms with Crippen LogP contribution in [0.1, 0.15) is 30.0 Å². The molecule has 8 heteroatoms. The van der Waals surface area contributed by atoms with E-state index in [4.69, 9.17) is 19.2 Å². The molecule has 1 N–H and O–H groups in total. The Balaban J connectivity index is 1.83. The monoisotopic (exact) mass is 567 g/mol. The summed E-state index contributed by atoms with van der Waals surface area (Å²) in [5, 5.41) is 13.4. The number of methoxy groups -OCH3 is 3. The minimum Gasteiger partial charge on any atom is -0.493 e. The minimum atomic E-state index is -0.477. The number of ether oxygens (including phenoxy) is 3. The van der Waals surface area contributed by atoms with Crippen LogP contribution in [-0.4, -0.2) is 37.5 Å². The van der Waals surface area contributed by atoms with E-state index in [0.29, 0.717) is 51.1 Å². The number of carbonyl (C=O) groups is 1. The number of benzene rings is 3. The molecule has 4 aromatic rings. The second-order valence-corrected chi connectivity index (χ2v) is 10.6. The van der Waals surface area contributed by atoms with Gasteiger partial charge in [-0.2, -0.15) is 5.26 Å². The largest absolute Gasteiger partial charge is 0.493 e. The Morgan fingerprint density at radius 2 is 1.61 bits per heavy atom. The van der Waals surface area contributed by atoms with Gasteiger partial charge in [-0.15, -0.1) is 0 Å². The molecule has 0 aliphatic rings. The summed E-state index contributed by atoms with van der Waals surface area (Å²) in [4.78, 5) is 18.3.